The predicted molar refractivity (Wildman–Crippen MR) is 69.0 cm³/mol. The van der Waals surface area contributed by atoms with Crippen molar-refractivity contribution in [3.8, 4) is 6.07 Å². The zero-order valence-electron chi connectivity index (χ0n) is 9.71. The van der Waals surface area contributed by atoms with Gasteiger partial charge in [0.1, 0.15) is 0 Å². The Morgan fingerprint density at radius 2 is 2.05 bits per heavy atom. The number of Topliss-reactive ketones (excluding diaryl/α,β-unsaturated/α-hetero) is 1. The van der Waals surface area contributed by atoms with Gasteiger partial charge in [-0.25, -0.2) is 9.78 Å². The maximum absolute atomic E-state index is 12.0. The van der Waals surface area contributed by atoms with Crippen molar-refractivity contribution < 1.29 is 4.79 Å². The zero-order valence-corrected chi connectivity index (χ0v) is 10.5. The van der Waals surface area contributed by atoms with Crippen LogP contribution in [0.4, 0.5) is 0 Å². The average Bonchev–Trinajstić information content (AvgIpc) is 2.43. The van der Waals surface area contributed by atoms with Crippen LogP contribution in [0, 0.1) is 11.3 Å². The van der Waals surface area contributed by atoms with Gasteiger partial charge in [0.2, 0.25) is 0 Å². The molecule has 0 spiro atoms. The third kappa shape index (κ3) is 3.06. The Morgan fingerprint density at radius 1 is 1.37 bits per heavy atom. The first-order chi connectivity index (χ1) is 9.10. The van der Waals surface area contributed by atoms with Gasteiger partial charge in [0.25, 0.3) is 0 Å². The van der Waals surface area contributed by atoms with Gasteiger partial charge in [0.15, 0.2) is 5.78 Å². The zero-order chi connectivity index (χ0) is 13.8. The minimum Gasteiger partial charge on any atom is -0.292 e. The fourth-order valence-corrected chi connectivity index (χ4v) is 1.68. The van der Waals surface area contributed by atoms with Crippen molar-refractivity contribution in [2.24, 2.45) is 0 Å². The lowest BCUT2D eigenvalue weighted by Crippen LogP contribution is -2.25. The predicted octanol–water partition coefficient (Wildman–Crippen LogP) is 1.65. The highest BCUT2D eigenvalue weighted by Crippen LogP contribution is 2.06. The molecule has 0 atom stereocenters. The molecular weight excluding hydrogens is 266 g/mol. The molecule has 0 unspecified atom stereocenters. The Hall–Kier alpha value is -2.45. The summed E-state index contributed by atoms with van der Waals surface area (Å²) in [6.07, 6.45) is 2.59. The van der Waals surface area contributed by atoms with Crippen LogP contribution in [0.1, 0.15) is 15.9 Å². The number of nitrogens with zero attached hydrogens (tertiary/aromatic N) is 3. The van der Waals surface area contributed by atoms with Gasteiger partial charge in [-0.1, -0.05) is 23.7 Å². The van der Waals surface area contributed by atoms with E-state index >= 15 is 0 Å². The van der Waals surface area contributed by atoms with Gasteiger partial charge in [0, 0.05) is 11.8 Å². The summed E-state index contributed by atoms with van der Waals surface area (Å²) >= 11 is 5.72. The molecule has 0 aliphatic carbocycles. The summed E-state index contributed by atoms with van der Waals surface area (Å²) in [6.45, 7) is -0.141. The van der Waals surface area contributed by atoms with E-state index in [0.29, 0.717) is 11.1 Å². The number of carbonyl (C=O) groups excluding carboxylic acids is 1. The highest BCUT2D eigenvalue weighted by molar-refractivity contribution is 6.30. The molecule has 0 saturated heterocycles. The van der Waals surface area contributed by atoms with Crippen molar-refractivity contribution in [3.05, 3.63) is 63.3 Å². The van der Waals surface area contributed by atoms with Crippen LogP contribution in [0.3, 0.4) is 0 Å². The van der Waals surface area contributed by atoms with Crippen molar-refractivity contribution >= 4 is 17.4 Å². The second-order valence-electron chi connectivity index (χ2n) is 3.79. The normalized spacial score (nSPS) is 9.89. The number of halogens is 1. The van der Waals surface area contributed by atoms with Crippen molar-refractivity contribution in [2.75, 3.05) is 0 Å². The number of carbonyl (C=O) groups is 1. The van der Waals surface area contributed by atoms with Crippen LogP contribution in [0.5, 0.6) is 0 Å². The second-order valence-corrected chi connectivity index (χ2v) is 4.23. The minimum atomic E-state index is -0.536. The molecule has 0 N–H and O–H groups in total. The average molecular weight is 274 g/mol. The van der Waals surface area contributed by atoms with Gasteiger partial charge in [-0.2, -0.15) is 5.26 Å². The highest BCUT2D eigenvalue weighted by atomic mass is 35.5. The van der Waals surface area contributed by atoms with E-state index in [1.807, 2.05) is 6.07 Å². The smallest absolute Gasteiger partial charge is 0.292 e. The van der Waals surface area contributed by atoms with Crippen LogP contribution in [0.15, 0.2) is 41.5 Å². The first-order valence-electron chi connectivity index (χ1n) is 5.35. The standard InChI is InChI=1S/C13H8ClN3O2/c14-11-6-16-13(19)17(7-11)8-12(18)10-3-1-9(5-15)2-4-10/h1-4,6-7H,8H2. The number of aromatic nitrogens is 2. The Labute approximate surface area is 113 Å². The molecule has 0 amide bonds. The van der Waals surface area contributed by atoms with E-state index in [4.69, 9.17) is 16.9 Å². The van der Waals surface area contributed by atoms with Gasteiger partial charge >= 0.3 is 5.69 Å². The van der Waals surface area contributed by atoms with Crippen LogP contribution >= 0.6 is 11.6 Å². The third-order valence-corrected chi connectivity index (χ3v) is 2.67. The molecule has 0 saturated carbocycles. The lowest BCUT2D eigenvalue weighted by Gasteiger charge is -2.04. The van der Waals surface area contributed by atoms with Gasteiger partial charge < -0.3 is 0 Å². The molecule has 2 rings (SSSR count). The minimum absolute atomic E-state index is 0.141. The monoisotopic (exact) mass is 273 g/mol. The molecule has 6 heteroatoms. The van der Waals surface area contributed by atoms with Crippen LogP contribution in [-0.2, 0) is 6.54 Å². The van der Waals surface area contributed by atoms with Crippen molar-refractivity contribution in [3.63, 3.8) is 0 Å². The molecule has 0 aliphatic rings. The molecule has 1 aromatic carbocycles. The summed E-state index contributed by atoms with van der Waals surface area (Å²) in [6, 6.07) is 8.15. The van der Waals surface area contributed by atoms with Gasteiger partial charge in [-0.05, 0) is 12.1 Å². The fraction of sp³-hybridized carbons (Fsp3) is 0.0769. The summed E-state index contributed by atoms with van der Waals surface area (Å²) in [5, 5.41) is 8.95. The number of hydrogen-bond donors (Lipinski definition) is 0. The lowest BCUT2D eigenvalue weighted by molar-refractivity contribution is 0.0970. The number of ketones is 1. The number of nitriles is 1. The number of hydrogen-bond acceptors (Lipinski definition) is 4. The van der Waals surface area contributed by atoms with Crippen molar-refractivity contribution in [1.29, 1.82) is 5.26 Å². The summed E-state index contributed by atoms with van der Waals surface area (Å²) in [5.74, 6) is -0.254. The first kappa shape index (κ1) is 13.0. The Bertz CT molecular complexity index is 714. The SMILES string of the molecule is N#Cc1ccc(C(=O)Cn2cc(Cl)cnc2=O)cc1. The van der Waals surface area contributed by atoms with E-state index in [1.165, 1.54) is 12.4 Å². The van der Waals surface area contributed by atoms with E-state index in [1.54, 1.807) is 24.3 Å². The molecule has 19 heavy (non-hydrogen) atoms. The van der Waals surface area contributed by atoms with E-state index < -0.39 is 5.69 Å². The molecule has 5 nitrogen and oxygen atoms in total. The molecule has 0 bridgehead atoms. The Morgan fingerprint density at radius 3 is 2.68 bits per heavy atom. The van der Waals surface area contributed by atoms with Gasteiger partial charge in [-0.15, -0.1) is 0 Å². The first-order valence-corrected chi connectivity index (χ1v) is 5.73. The van der Waals surface area contributed by atoms with E-state index in [0.717, 1.165) is 4.57 Å². The largest absolute Gasteiger partial charge is 0.348 e. The van der Waals surface area contributed by atoms with Crippen molar-refractivity contribution in [2.45, 2.75) is 6.54 Å². The Kier molecular flexibility index (Phi) is 3.74. The van der Waals surface area contributed by atoms with Gasteiger partial charge in [-0.3, -0.25) is 9.36 Å². The van der Waals surface area contributed by atoms with E-state index in [2.05, 4.69) is 4.98 Å². The molecular formula is C13H8ClN3O2. The number of rotatable bonds is 3. The third-order valence-electron chi connectivity index (χ3n) is 2.47. The molecule has 1 aromatic heterocycles. The lowest BCUT2D eigenvalue weighted by atomic mass is 10.1. The van der Waals surface area contributed by atoms with Gasteiger partial charge in [0.05, 0.1) is 29.4 Å². The second kappa shape index (κ2) is 5.46. The topological polar surface area (TPSA) is 75.8 Å². The van der Waals surface area contributed by atoms with Crippen LogP contribution < -0.4 is 5.69 Å². The summed E-state index contributed by atoms with van der Waals surface area (Å²) in [7, 11) is 0. The summed E-state index contributed by atoms with van der Waals surface area (Å²) < 4.78 is 1.14. The maximum Gasteiger partial charge on any atom is 0.348 e. The molecule has 0 fully saturated rings. The van der Waals surface area contributed by atoms with E-state index in [9.17, 15) is 9.59 Å². The molecule has 0 radical (unpaired) electrons. The van der Waals surface area contributed by atoms with Crippen LogP contribution in [0.2, 0.25) is 5.02 Å². The van der Waals surface area contributed by atoms with Crippen molar-refractivity contribution in [1.82, 2.24) is 9.55 Å². The quantitative estimate of drug-likeness (QED) is 0.797. The Balaban J connectivity index is 2.23. The van der Waals surface area contributed by atoms with E-state index in [-0.39, 0.29) is 17.4 Å². The summed E-state index contributed by atoms with van der Waals surface area (Å²) in [4.78, 5) is 26.9. The molecule has 2 aromatic rings. The molecule has 0 aliphatic heterocycles. The number of benzene rings is 1. The molecule has 94 valence electrons. The molecule has 1 heterocycles. The van der Waals surface area contributed by atoms with Crippen LogP contribution in [0.25, 0.3) is 0 Å². The maximum atomic E-state index is 12.0. The summed E-state index contributed by atoms with van der Waals surface area (Å²) in [5.41, 5.74) is 0.357. The fourth-order valence-electron chi connectivity index (χ4n) is 1.52. The van der Waals surface area contributed by atoms with Crippen LogP contribution in [-0.4, -0.2) is 15.3 Å². The highest BCUT2D eigenvalue weighted by Gasteiger charge is 2.08.